The Balaban J connectivity index is 1.47. The largest absolute Gasteiger partial charge is 0.480 e. The highest BCUT2D eigenvalue weighted by molar-refractivity contribution is 5.73. The van der Waals surface area contributed by atoms with Gasteiger partial charge in [0, 0.05) is 23.7 Å². The second-order valence-electron chi connectivity index (χ2n) is 7.56. The summed E-state index contributed by atoms with van der Waals surface area (Å²) < 4.78 is 1.35. The zero-order chi connectivity index (χ0) is 19.0. The average Bonchev–Trinajstić information content (AvgIpc) is 3.23. The first kappa shape index (κ1) is 17.6. The number of aromatic nitrogens is 2. The van der Waals surface area contributed by atoms with Crippen molar-refractivity contribution in [2.45, 2.75) is 56.7 Å². The second-order valence-corrected chi connectivity index (χ2v) is 7.56. The maximum atomic E-state index is 12.9. The summed E-state index contributed by atoms with van der Waals surface area (Å²) in [5.74, 6) is -0.443. The van der Waals surface area contributed by atoms with Crippen molar-refractivity contribution in [1.82, 2.24) is 9.55 Å². The summed E-state index contributed by atoms with van der Waals surface area (Å²) in [6.07, 6.45) is 4.83. The highest BCUT2D eigenvalue weighted by Crippen LogP contribution is 2.33. The lowest BCUT2D eigenvalue weighted by Gasteiger charge is -2.17. The molecule has 7 nitrogen and oxygen atoms in total. The summed E-state index contributed by atoms with van der Waals surface area (Å²) in [5, 5.41) is 16.3. The van der Waals surface area contributed by atoms with Gasteiger partial charge in [-0.25, -0.2) is 9.78 Å². The quantitative estimate of drug-likeness (QED) is 0.751. The van der Waals surface area contributed by atoms with Crippen LogP contribution in [0.1, 0.15) is 50.4 Å². The van der Waals surface area contributed by atoms with E-state index in [1.54, 1.807) is 6.20 Å². The van der Waals surface area contributed by atoms with Crippen LogP contribution in [0.15, 0.2) is 41.3 Å². The van der Waals surface area contributed by atoms with Gasteiger partial charge in [-0.15, -0.1) is 0 Å². The van der Waals surface area contributed by atoms with E-state index >= 15 is 0 Å². The summed E-state index contributed by atoms with van der Waals surface area (Å²) in [6, 6.07) is 9.78. The van der Waals surface area contributed by atoms with Crippen molar-refractivity contribution >= 4 is 17.3 Å². The fourth-order valence-electron chi connectivity index (χ4n) is 4.24. The van der Waals surface area contributed by atoms with Gasteiger partial charge in [-0.05, 0) is 37.8 Å². The lowest BCUT2D eigenvalue weighted by Crippen LogP contribution is -2.32. The third-order valence-electron chi connectivity index (χ3n) is 5.57. The van der Waals surface area contributed by atoms with E-state index in [-0.39, 0.29) is 17.5 Å². The molecule has 2 aromatic rings. The molecule has 1 aromatic carbocycles. The topological polar surface area (TPSA) is 96.2 Å². The smallest absolute Gasteiger partial charge is 0.326 e. The van der Waals surface area contributed by atoms with Crippen LogP contribution in [0.2, 0.25) is 0 Å². The second kappa shape index (κ2) is 7.06. The molecule has 0 spiro atoms. The van der Waals surface area contributed by atoms with Crippen molar-refractivity contribution in [3.8, 4) is 0 Å². The van der Waals surface area contributed by atoms with Crippen molar-refractivity contribution in [3.63, 3.8) is 0 Å². The van der Waals surface area contributed by atoms with Crippen LogP contribution >= 0.6 is 0 Å². The van der Waals surface area contributed by atoms with E-state index in [2.05, 4.69) is 15.6 Å². The van der Waals surface area contributed by atoms with Gasteiger partial charge >= 0.3 is 5.97 Å². The van der Waals surface area contributed by atoms with Crippen LogP contribution < -0.4 is 16.2 Å². The number of anilines is 2. The molecule has 2 aliphatic rings. The van der Waals surface area contributed by atoms with E-state index in [9.17, 15) is 14.7 Å². The molecule has 3 N–H and O–H groups in total. The molecular weight excluding hydrogens is 344 g/mol. The van der Waals surface area contributed by atoms with Gasteiger partial charge in [0.05, 0.1) is 6.20 Å². The Kier molecular flexibility index (Phi) is 4.59. The van der Waals surface area contributed by atoms with Crippen molar-refractivity contribution in [2.75, 3.05) is 10.6 Å². The molecule has 1 fully saturated rings. The molecule has 7 heteroatoms. The molecule has 0 saturated heterocycles. The Bertz CT molecular complexity index is 896. The van der Waals surface area contributed by atoms with Crippen LogP contribution in [-0.4, -0.2) is 32.7 Å². The standard InChI is InChI=1S/C20H24N4O3/c1-12-9-17(20(26)27)24-18(12)21-11-16(19(24)25)23-15-8-7-14(10-15)22-13-5-3-2-4-6-13/h2-6,11-12,14-15,17,22-23H,7-10H2,1H3,(H,26,27)/t12-,14-,15-,17+/m1/s1. The first-order chi connectivity index (χ1) is 13.0. The van der Waals surface area contributed by atoms with E-state index in [0.717, 1.165) is 24.9 Å². The number of hydrogen-bond donors (Lipinski definition) is 3. The molecule has 142 valence electrons. The predicted molar refractivity (Wildman–Crippen MR) is 103 cm³/mol. The van der Waals surface area contributed by atoms with E-state index < -0.39 is 12.0 Å². The molecule has 4 rings (SSSR count). The van der Waals surface area contributed by atoms with Gasteiger partial charge in [0.25, 0.3) is 5.56 Å². The van der Waals surface area contributed by atoms with E-state index in [0.29, 0.717) is 24.0 Å². The van der Waals surface area contributed by atoms with Crippen LogP contribution in [0.25, 0.3) is 0 Å². The van der Waals surface area contributed by atoms with Gasteiger partial charge in [-0.3, -0.25) is 9.36 Å². The van der Waals surface area contributed by atoms with E-state index in [1.165, 1.54) is 4.57 Å². The van der Waals surface area contributed by atoms with Crippen molar-refractivity contribution in [3.05, 3.63) is 52.7 Å². The van der Waals surface area contributed by atoms with Crippen molar-refractivity contribution < 1.29 is 9.90 Å². The van der Waals surface area contributed by atoms with Crippen molar-refractivity contribution in [2.24, 2.45) is 0 Å². The van der Waals surface area contributed by atoms with Gasteiger partial charge in [0.2, 0.25) is 0 Å². The average molecular weight is 368 g/mol. The minimum Gasteiger partial charge on any atom is -0.480 e. The van der Waals surface area contributed by atoms with Crippen LogP contribution in [0, 0.1) is 0 Å². The third kappa shape index (κ3) is 3.41. The van der Waals surface area contributed by atoms with Crippen LogP contribution in [0.3, 0.4) is 0 Å². The Morgan fingerprint density at radius 2 is 1.85 bits per heavy atom. The first-order valence-corrected chi connectivity index (χ1v) is 9.45. The molecule has 1 saturated carbocycles. The third-order valence-corrected chi connectivity index (χ3v) is 5.57. The van der Waals surface area contributed by atoms with E-state index in [4.69, 9.17) is 0 Å². The molecular formula is C20H24N4O3. The van der Waals surface area contributed by atoms with Gasteiger partial charge in [0.15, 0.2) is 0 Å². The number of benzene rings is 1. The number of para-hydroxylation sites is 1. The molecule has 0 amide bonds. The maximum absolute atomic E-state index is 12.9. The number of nitrogens with zero attached hydrogens (tertiary/aromatic N) is 2. The Labute approximate surface area is 157 Å². The van der Waals surface area contributed by atoms with Crippen LogP contribution in [0.4, 0.5) is 11.4 Å². The summed E-state index contributed by atoms with van der Waals surface area (Å²) in [6.45, 7) is 1.91. The molecule has 4 atom stereocenters. The minimum atomic E-state index is -0.977. The molecule has 2 heterocycles. The zero-order valence-corrected chi connectivity index (χ0v) is 15.3. The highest BCUT2D eigenvalue weighted by Gasteiger charge is 2.36. The Hall–Kier alpha value is -2.83. The molecule has 1 aliphatic heterocycles. The minimum absolute atomic E-state index is 0.0289. The fraction of sp³-hybridized carbons (Fsp3) is 0.450. The van der Waals surface area contributed by atoms with Crippen molar-refractivity contribution in [1.29, 1.82) is 0 Å². The predicted octanol–water partition coefficient (Wildman–Crippen LogP) is 2.82. The first-order valence-electron chi connectivity index (χ1n) is 9.45. The number of fused-ring (bicyclic) bond motifs is 1. The van der Waals surface area contributed by atoms with Crippen LogP contribution in [0.5, 0.6) is 0 Å². The summed E-state index contributed by atoms with van der Waals surface area (Å²) >= 11 is 0. The lowest BCUT2D eigenvalue weighted by molar-refractivity contribution is -0.140. The number of carboxylic acid groups (broad SMARTS) is 1. The lowest BCUT2D eigenvalue weighted by atomic mass is 10.1. The zero-order valence-electron chi connectivity index (χ0n) is 15.3. The molecule has 1 aromatic heterocycles. The number of carboxylic acids is 1. The normalized spacial score (nSPS) is 26.6. The fourth-order valence-corrected chi connectivity index (χ4v) is 4.24. The van der Waals surface area contributed by atoms with Gasteiger partial charge in [0.1, 0.15) is 17.6 Å². The number of nitrogens with one attached hydrogen (secondary N) is 2. The summed E-state index contributed by atoms with van der Waals surface area (Å²) in [7, 11) is 0. The number of carbonyl (C=O) groups is 1. The number of aliphatic carboxylic acids is 1. The molecule has 0 radical (unpaired) electrons. The Morgan fingerprint density at radius 1 is 1.15 bits per heavy atom. The van der Waals surface area contributed by atoms with Gasteiger partial charge < -0.3 is 15.7 Å². The summed E-state index contributed by atoms with van der Waals surface area (Å²) in [5.41, 5.74) is 1.21. The molecule has 0 bridgehead atoms. The molecule has 27 heavy (non-hydrogen) atoms. The van der Waals surface area contributed by atoms with E-state index in [1.807, 2.05) is 37.3 Å². The van der Waals surface area contributed by atoms with Crippen LogP contribution in [-0.2, 0) is 4.79 Å². The molecule has 0 unspecified atom stereocenters. The summed E-state index contributed by atoms with van der Waals surface area (Å²) in [4.78, 5) is 28.8. The molecule has 1 aliphatic carbocycles. The highest BCUT2D eigenvalue weighted by atomic mass is 16.4. The number of rotatable bonds is 5. The van der Waals surface area contributed by atoms with Gasteiger partial charge in [-0.1, -0.05) is 25.1 Å². The monoisotopic (exact) mass is 368 g/mol. The Morgan fingerprint density at radius 3 is 2.56 bits per heavy atom. The maximum Gasteiger partial charge on any atom is 0.326 e. The van der Waals surface area contributed by atoms with Gasteiger partial charge in [-0.2, -0.15) is 0 Å². The number of hydrogen-bond acceptors (Lipinski definition) is 5. The SMILES string of the molecule is C[C@@H]1C[C@@H](C(=O)O)n2c1ncc(N[C@@H]1CC[C@@H](Nc3ccccc3)C1)c2=O.